The van der Waals surface area contributed by atoms with Gasteiger partial charge in [-0.25, -0.2) is 0 Å². The van der Waals surface area contributed by atoms with Crippen LogP contribution in [0.5, 0.6) is 0 Å². The van der Waals surface area contributed by atoms with Crippen LogP contribution in [0.4, 0.5) is 0 Å². The lowest BCUT2D eigenvalue weighted by atomic mass is 9.87. The van der Waals surface area contributed by atoms with Crippen LogP contribution < -0.4 is 0 Å². The summed E-state index contributed by atoms with van der Waals surface area (Å²) in [7, 11) is 0. The minimum Gasteiger partial charge on any atom is -0.376 e. The van der Waals surface area contributed by atoms with E-state index in [0.717, 1.165) is 26.1 Å². The van der Waals surface area contributed by atoms with Gasteiger partial charge in [-0.05, 0) is 29.9 Å². The molecule has 0 amide bonds. The summed E-state index contributed by atoms with van der Waals surface area (Å²) in [6.07, 6.45) is 6.18. The maximum Gasteiger partial charge on any atom is 0.0717 e. The smallest absolute Gasteiger partial charge is 0.0717 e. The first-order valence-electron chi connectivity index (χ1n) is 9.76. The molecule has 142 valence electrons. The highest BCUT2D eigenvalue weighted by molar-refractivity contribution is 5.21. The van der Waals surface area contributed by atoms with Crippen LogP contribution >= 0.6 is 0 Å². The van der Waals surface area contributed by atoms with Crippen LogP contribution in [0.25, 0.3) is 0 Å². The molecule has 2 aromatic rings. The zero-order valence-electron chi connectivity index (χ0n) is 16.3. The van der Waals surface area contributed by atoms with E-state index in [4.69, 9.17) is 9.47 Å². The number of rotatable bonds is 9. The van der Waals surface area contributed by atoms with Crippen molar-refractivity contribution in [2.45, 2.75) is 33.0 Å². The van der Waals surface area contributed by atoms with Gasteiger partial charge >= 0.3 is 0 Å². The van der Waals surface area contributed by atoms with Crippen molar-refractivity contribution < 1.29 is 9.47 Å². The number of allylic oxidation sites excluding steroid dienone is 3. The fourth-order valence-corrected chi connectivity index (χ4v) is 4.02. The summed E-state index contributed by atoms with van der Waals surface area (Å²) in [4.78, 5) is 0. The van der Waals surface area contributed by atoms with Crippen LogP contribution in [0, 0.1) is 11.3 Å². The van der Waals surface area contributed by atoms with Gasteiger partial charge in [-0.15, -0.1) is 0 Å². The highest BCUT2D eigenvalue weighted by Crippen LogP contribution is 2.46. The SMILES string of the molecule is C=C/C=C1/CC(COCc2ccccc2)(COCc2ccccc2)CC1C. The first kappa shape index (κ1) is 19.6. The van der Waals surface area contributed by atoms with Crippen LogP contribution in [0.3, 0.4) is 0 Å². The summed E-state index contributed by atoms with van der Waals surface area (Å²) in [5.74, 6) is 0.545. The normalized spacial score (nSPS) is 20.0. The van der Waals surface area contributed by atoms with Gasteiger partial charge in [-0.3, -0.25) is 0 Å². The Hall–Kier alpha value is -2.16. The van der Waals surface area contributed by atoms with E-state index >= 15 is 0 Å². The molecule has 0 aliphatic heterocycles. The van der Waals surface area contributed by atoms with E-state index in [1.165, 1.54) is 16.7 Å². The first-order valence-corrected chi connectivity index (χ1v) is 9.76. The molecule has 1 aliphatic rings. The number of hydrogen-bond donors (Lipinski definition) is 0. The van der Waals surface area contributed by atoms with Crippen molar-refractivity contribution in [2.24, 2.45) is 11.3 Å². The van der Waals surface area contributed by atoms with E-state index in [2.05, 4.69) is 68.1 Å². The maximum absolute atomic E-state index is 6.15. The van der Waals surface area contributed by atoms with Crippen molar-refractivity contribution >= 4 is 0 Å². The van der Waals surface area contributed by atoms with Gasteiger partial charge in [0.1, 0.15) is 0 Å². The van der Waals surface area contributed by atoms with E-state index in [0.29, 0.717) is 19.1 Å². The van der Waals surface area contributed by atoms with Gasteiger partial charge in [0.25, 0.3) is 0 Å². The first-order chi connectivity index (χ1) is 13.2. The van der Waals surface area contributed by atoms with Gasteiger partial charge < -0.3 is 9.47 Å². The predicted octanol–water partition coefficient (Wildman–Crippen LogP) is 5.95. The predicted molar refractivity (Wildman–Crippen MR) is 111 cm³/mol. The minimum absolute atomic E-state index is 0.0395. The van der Waals surface area contributed by atoms with Gasteiger partial charge in [0.2, 0.25) is 0 Å². The van der Waals surface area contributed by atoms with E-state index in [-0.39, 0.29) is 5.41 Å². The maximum atomic E-state index is 6.15. The van der Waals surface area contributed by atoms with Crippen molar-refractivity contribution in [3.05, 3.63) is 96.1 Å². The Morgan fingerprint density at radius 3 is 1.93 bits per heavy atom. The molecule has 0 spiro atoms. The Morgan fingerprint density at radius 2 is 1.44 bits per heavy atom. The molecule has 1 aliphatic carbocycles. The Kier molecular flexibility index (Phi) is 7.03. The molecule has 2 nitrogen and oxygen atoms in total. The highest BCUT2D eigenvalue weighted by atomic mass is 16.5. The number of ether oxygens (including phenoxy) is 2. The van der Waals surface area contributed by atoms with Gasteiger partial charge in [-0.1, -0.05) is 91.9 Å². The van der Waals surface area contributed by atoms with E-state index in [9.17, 15) is 0 Å². The molecule has 1 fully saturated rings. The third-order valence-electron chi connectivity index (χ3n) is 5.32. The van der Waals surface area contributed by atoms with E-state index < -0.39 is 0 Å². The quantitative estimate of drug-likeness (QED) is 0.549. The van der Waals surface area contributed by atoms with Gasteiger partial charge in [0, 0.05) is 5.41 Å². The highest BCUT2D eigenvalue weighted by Gasteiger charge is 2.40. The minimum atomic E-state index is 0.0395. The lowest BCUT2D eigenvalue weighted by Crippen LogP contribution is -2.30. The molecule has 3 rings (SSSR count). The van der Waals surface area contributed by atoms with E-state index in [1.54, 1.807) is 0 Å². The van der Waals surface area contributed by atoms with Crippen LogP contribution in [0.2, 0.25) is 0 Å². The summed E-state index contributed by atoms with van der Waals surface area (Å²) in [6.45, 7) is 8.90. The zero-order valence-corrected chi connectivity index (χ0v) is 16.3. The average molecular weight is 363 g/mol. The summed E-state index contributed by atoms with van der Waals surface area (Å²) >= 11 is 0. The summed E-state index contributed by atoms with van der Waals surface area (Å²) < 4.78 is 12.3. The van der Waals surface area contributed by atoms with Crippen LogP contribution in [-0.2, 0) is 22.7 Å². The van der Waals surface area contributed by atoms with Crippen molar-refractivity contribution in [3.8, 4) is 0 Å². The second-order valence-corrected chi connectivity index (χ2v) is 7.72. The molecule has 0 aromatic heterocycles. The van der Waals surface area contributed by atoms with Crippen molar-refractivity contribution in [1.82, 2.24) is 0 Å². The fraction of sp³-hybridized carbons (Fsp3) is 0.360. The molecule has 1 atom stereocenters. The van der Waals surface area contributed by atoms with Crippen molar-refractivity contribution in [3.63, 3.8) is 0 Å². The molecule has 0 radical (unpaired) electrons. The fourth-order valence-electron chi connectivity index (χ4n) is 4.02. The monoisotopic (exact) mass is 362 g/mol. The molecule has 27 heavy (non-hydrogen) atoms. The van der Waals surface area contributed by atoms with Gasteiger partial charge in [0.15, 0.2) is 0 Å². The molecule has 0 saturated heterocycles. The van der Waals surface area contributed by atoms with Crippen LogP contribution in [-0.4, -0.2) is 13.2 Å². The summed E-state index contributed by atoms with van der Waals surface area (Å²) in [6, 6.07) is 20.7. The van der Waals surface area contributed by atoms with Crippen LogP contribution in [0.1, 0.15) is 30.9 Å². The lowest BCUT2D eigenvalue weighted by Gasteiger charge is -2.29. The third-order valence-corrected chi connectivity index (χ3v) is 5.32. The molecular formula is C25H30O2. The molecule has 0 N–H and O–H groups in total. The molecule has 0 heterocycles. The molecule has 1 unspecified atom stereocenters. The zero-order chi connectivity index (χ0) is 19.0. The Morgan fingerprint density at radius 1 is 0.926 bits per heavy atom. The summed E-state index contributed by atoms with van der Waals surface area (Å²) in [5, 5.41) is 0. The molecule has 2 aromatic carbocycles. The largest absolute Gasteiger partial charge is 0.376 e. The molecule has 0 bridgehead atoms. The Bertz CT molecular complexity index is 688. The third kappa shape index (κ3) is 5.66. The van der Waals surface area contributed by atoms with Crippen molar-refractivity contribution in [1.29, 1.82) is 0 Å². The Labute approximate surface area is 163 Å². The topological polar surface area (TPSA) is 18.5 Å². The molecular weight excluding hydrogens is 332 g/mol. The number of hydrogen-bond acceptors (Lipinski definition) is 2. The average Bonchev–Trinajstić information content (AvgIpc) is 2.99. The van der Waals surface area contributed by atoms with Crippen LogP contribution in [0.15, 0.2) is 85.0 Å². The number of benzene rings is 2. The summed E-state index contributed by atoms with van der Waals surface area (Å²) in [5.41, 5.74) is 3.92. The van der Waals surface area contributed by atoms with Crippen molar-refractivity contribution in [2.75, 3.05) is 13.2 Å². The standard InChI is InChI=1S/C25H30O2/c1-3-10-24-16-25(15-21(24)2,19-26-17-22-11-6-4-7-12-22)20-27-18-23-13-8-5-9-14-23/h3-14,21H,1,15-20H2,2H3/b24-10-. The van der Waals surface area contributed by atoms with Gasteiger partial charge in [0.05, 0.1) is 26.4 Å². The molecule has 1 saturated carbocycles. The second-order valence-electron chi connectivity index (χ2n) is 7.72. The van der Waals surface area contributed by atoms with Gasteiger partial charge in [-0.2, -0.15) is 0 Å². The molecule has 2 heteroatoms. The second kappa shape index (κ2) is 9.68. The Balaban J connectivity index is 1.61. The van der Waals surface area contributed by atoms with E-state index in [1.807, 2.05) is 18.2 Å². The lowest BCUT2D eigenvalue weighted by molar-refractivity contribution is -0.0304.